The Kier molecular flexibility index (Phi) is 5.58. The number of aromatic nitrogens is 1. The quantitative estimate of drug-likeness (QED) is 0.494. The summed E-state index contributed by atoms with van der Waals surface area (Å²) in [5.74, 6) is -0.140. The van der Waals surface area contributed by atoms with Crippen LogP contribution in [0.15, 0.2) is 58.4 Å². The highest BCUT2D eigenvalue weighted by Gasteiger charge is 2.25. The van der Waals surface area contributed by atoms with Crippen molar-refractivity contribution >= 4 is 46.2 Å². The molecule has 1 aliphatic rings. The molecule has 1 aromatic heterocycles. The first-order chi connectivity index (χ1) is 14.3. The minimum absolute atomic E-state index is 0.140. The fourth-order valence-corrected chi connectivity index (χ4v) is 4.45. The molecule has 6 heteroatoms. The van der Waals surface area contributed by atoms with Crippen molar-refractivity contribution in [1.82, 2.24) is 9.88 Å². The number of hydrogen-bond acceptors (Lipinski definition) is 3. The number of rotatable bonds is 3. The van der Waals surface area contributed by atoms with Crippen molar-refractivity contribution < 1.29 is 4.79 Å². The van der Waals surface area contributed by atoms with Gasteiger partial charge in [-0.2, -0.15) is 0 Å². The second-order valence-corrected chi connectivity index (χ2v) is 8.88. The Morgan fingerprint density at radius 2 is 1.77 bits per heavy atom. The lowest BCUT2D eigenvalue weighted by Crippen LogP contribution is -2.19. The van der Waals surface area contributed by atoms with Crippen LogP contribution in [0.25, 0.3) is 11.8 Å². The number of nitrogens with one attached hydrogen (secondary N) is 1. The van der Waals surface area contributed by atoms with Crippen molar-refractivity contribution in [2.24, 2.45) is 4.99 Å². The van der Waals surface area contributed by atoms with Gasteiger partial charge in [-0.25, -0.2) is 4.99 Å². The lowest BCUT2D eigenvalue weighted by atomic mass is 10.2. The summed E-state index contributed by atoms with van der Waals surface area (Å²) in [5, 5.41) is 4.03. The van der Waals surface area contributed by atoms with Gasteiger partial charge in [0.1, 0.15) is 0 Å². The maximum Gasteiger partial charge on any atom is 0.264 e. The number of carbonyl (C=O) groups is 1. The lowest BCUT2D eigenvalue weighted by Gasteiger charge is -2.10. The number of carbonyl (C=O) groups excluding carboxylic acids is 1. The van der Waals surface area contributed by atoms with E-state index in [0.717, 1.165) is 33.9 Å². The van der Waals surface area contributed by atoms with Crippen molar-refractivity contribution in [3.8, 4) is 5.69 Å². The van der Waals surface area contributed by atoms with Gasteiger partial charge in [-0.05, 0) is 87.0 Å². The van der Waals surface area contributed by atoms with Gasteiger partial charge in [0, 0.05) is 22.1 Å². The van der Waals surface area contributed by atoms with Gasteiger partial charge in [-0.3, -0.25) is 4.79 Å². The first-order valence-electron chi connectivity index (χ1n) is 9.63. The molecule has 0 radical (unpaired) electrons. The van der Waals surface area contributed by atoms with E-state index in [0.29, 0.717) is 15.1 Å². The van der Waals surface area contributed by atoms with Crippen molar-refractivity contribution in [2.45, 2.75) is 27.7 Å². The molecule has 0 spiro atoms. The summed E-state index contributed by atoms with van der Waals surface area (Å²) in [7, 11) is 0. The van der Waals surface area contributed by atoms with Crippen LogP contribution in [-0.4, -0.2) is 15.6 Å². The Morgan fingerprint density at radius 1 is 1.03 bits per heavy atom. The van der Waals surface area contributed by atoms with Crippen LogP contribution in [0.5, 0.6) is 0 Å². The number of thioether (sulfide) groups is 1. The lowest BCUT2D eigenvalue weighted by molar-refractivity contribution is -0.115. The first kappa shape index (κ1) is 20.5. The van der Waals surface area contributed by atoms with Crippen LogP contribution in [0.2, 0.25) is 5.02 Å². The van der Waals surface area contributed by atoms with E-state index in [-0.39, 0.29) is 5.91 Å². The molecule has 1 amide bonds. The van der Waals surface area contributed by atoms with Crippen molar-refractivity contribution in [1.29, 1.82) is 0 Å². The molecule has 0 bridgehead atoms. The highest BCUT2D eigenvalue weighted by molar-refractivity contribution is 8.18. The third kappa shape index (κ3) is 4.09. The Bertz CT molecular complexity index is 1210. The van der Waals surface area contributed by atoms with E-state index in [2.05, 4.69) is 66.0 Å². The van der Waals surface area contributed by atoms with E-state index in [4.69, 9.17) is 11.6 Å². The zero-order valence-electron chi connectivity index (χ0n) is 17.3. The van der Waals surface area contributed by atoms with Gasteiger partial charge in [0.15, 0.2) is 5.17 Å². The summed E-state index contributed by atoms with van der Waals surface area (Å²) >= 11 is 7.43. The smallest absolute Gasteiger partial charge is 0.264 e. The second kappa shape index (κ2) is 8.17. The number of amides is 1. The van der Waals surface area contributed by atoms with Crippen molar-refractivity contribution in [2.75, 3.05) is 0 Å². The monoisotopic (exact) mass is 435 g/mol. The summed E-state index contributed by atoms with van der Waals surface area (Å²) < 4.78 is 2.20. The number of hydrogen-bond donors (Lipinski definition) is 1. The molecule has 1 aliphatic heterocycles. The molecule has 0 atom stereocenters. The Hall–Kier alpha value is -2.76. The zero-order chi connectivity index (χ0) is 21.4. The number of amidine groups is 1. The van der Waals surface area contributed by atoms with Crippen LogP contribution in [0, 0.1) is 27.7 Å². The maximum atomic E-state index is 12.5. The molecule has 1 N–H and O–H groups in total. The minimum Gasteiger partial charge on any atom is -0.318 e. The molecule has 152 valence electrons. The van der Waals surface area contributed by atoms with E-state index in [9.17, 15) is 4.79 Å². The molecular weight excluding hydrogens is 414 g/mol. The Labute approximate surface area is 185 Å². The summed E-state index contributed by atoms with van der Waals surface area (Å²) in [6.07, 6.45) is 1.93. The van der Waals surface area contributed by atoms with E-state index >= 15 is 0 Å². The van der Waals surface area contributed by atoms with E-state index in [1.807, 2.05) is 25.1 Å². The molecule has 0 aliphatic carbocycles. The molecule has 3 aromatic rings. The maximum absolute atomic E-state index is 12.5. The van der Waals surface area contributed by atoms with Crippen LogP contribution in [-0.2, 0) is 4.79 Å². The fraction of sp³-hybridized carbons (Fsp3) is 0.167. The highest BCUT2D eigenvalue weighted by atomic mass is 35.5. The summed E-state index contributed by atoms with van der Waals surface area (Å²) in [6.45, 7) is 8.19. The molecule has 2 heterocycles. The first-order valence-corrected chi connectivity index (χ1v) is 10.8. The topological polar surface area (TPSA) is 46.4 Å². The number of aliphatic imine (C=N–C) groups is 1. The number of aryl methyl sites for hydroxylation is 3. The average Bonchev–Trinajstić information content (AvgIpc) is 3.18. The van der Waals surface area contributed by atoms with Crippen LogP contribution in [0.4, 0.5) is 5.69 Å². The van der Waals surface area contributed by atoms with E-state index < -0.39 is 0 Å². The van der Waals surface area contributed by atoms with Crippen LogP contribution < -0.4 is 5.32 Å². The fourth-order valence-electron chi connectivity index (χ4n) is 3.46. The molecular formula is C24H22ClN3OS. The van der Waals surface area contributed by atoms with Crippen LogP contribution in [0.3, 0.4) is 0 Å². The second-order valence-electron chi connectivity index (χ2n) is 7.41. The normalized spacial score (nSPS) is 16.5. The van der Waals surface area contributed by atoms with Crippen molar-refractivity contribution in [3.63, 3.8) is 0 Å². The van der Waals surface area contributed by atoms with Gasteiger partial charge in [0.05, 0.1) is 10.6 Å². The van der Waals surface area contributed by atoms with Gasteiger partial charge >= 0.3 is 0 Å². The number of nitrogens with zero attached hydrogens (tertiary/aromatic N) is 2. The van der Waals surface area contributed by atoms with Gasteiger partial charge in [-0.15, -0.1) is 0 Å². The molecule has 4 nitrogen and oxygen atoms in total. The summed E-state index contributed by atoms with van der Waals surface area (Å²) in [5.41, 5.74) is 7.33. The Morgan fingerprint density at radius 3 is 2.50 bits per heavy atom. The number of halogens is 1. The van der Waals surface area contributed by atoms with Gasteiger partial charge in [0.25, 0.3) is 5.91 Å². The third-order valence-corrected chi connectivity index (χ3v) is 6.24. The van der Waals surface area contributed by atoms with Crippen LogP contribution >= 0.6 is 23.4 Å². The molecule has 0 unspecified atom stereocenters. The van der Waals surface area contributed by atoms with Gasteiger partial charge in [-0.1, -0.05) is 35.4 Å². The largest absolute Gasteiger partial charge is 0.318 e. The minimum atomic E-state index is -0.140. The van der Waals surface area contributed by atoms with E-state index in [1.165, 1.54) is 17.3 Å². The SMILES string of the molecule is Cc1ccc(-n2c(C)cc(/C=C3\SC(=Nc4cc(Cl)ccc4C)NC3=O)c2C)cc1. The summed E-state index contributed by atoms with van der Waals surface area (Å²) in [6, 6.07) is 16.1. The molecule has 2 aromatic carbocycles. The number of benzene rings is 2. The van der Waals surface area contributed by atoms with Gasteiger partial charge < -0.3 is 9.88 Å². The Balaban J connectivity index is 1.65. The zero-order valence-corrected chi connectivity index (χ0v) is 18.9. The van der Waals surface area contributed by atoms with E-state index in [1.54, 1.807) is 6.07 Å². The predicted octanol–water partition coefficient (Wildman–Crippen LogP) is 6.26. The third-order valence-electron chi connectivity index (χ3n) is 5.09. The molecule has 1 fully saturated rings. The van der Waals surface area contributed by atoms with Crippen molar-refractivity contribution in [3.05, 3.63) is 86.5 Å². The molecule has 1 saturated heterocycles. The summed E-state index contributed by atoms with van der Waals surface area (Å²) in [4.78, 5) is 17.7. The molecule has 4 rings (SSSR count). The standard InChI is InChI=1S/C24H22ClN3OS/c1-14-5-9-20(10-6-14)28-16(3)11-18(17(28)4)12-22-23(29)27-24(30-22)26-21-13-19(25)8-7-15(21)2/h5-13H,1-4H3,(H,26,27,29)/b22-12-. The van der Waals surface area contributed by atoms with Crippen LogP contribution in [0.1, 0.15) is 28.1 Å². The predicted molar refractivity (Wildman–Crippen MR) is 127 cm³/mol. The van der Waals surface area contributed by atoms with Gasteiger partial charge in [0.2, 0.25) is 0 Å². The molecule has 30 heavy (non-hydrogen) atoms. The molecule has 0 saturated carbocycles. The average molecular weight is 436 g/mol. The highest BCUT2D eigenvalue weighted by Crippen LogP contribution is 2.32.